The average Bonchev–Trinajstić information content (AvgIpc) is 2.96. The van der Waals surface area contributed by atoms with Crippen LogP contribution in [0.5, 0.6) is 0 Å². The monoisotopic (exact) mass is 367 g/mol. The lowest BCUT2D eigenvalue weighted by atomic mass is 10.1. The second-order valence-corrected chi connectivity index (χ2v) is 6.92. The van der Waals surface area contributed by atoms with Crippen LogP contribution in [-0.4, -0.2) is 49.7 Å². The van der Waals surface area contributed by atoms with E-state index in [2.05, 4.69) is 6.92 Å². The molecule has 1 heterocycles. The van der Waals surface area contributed by atoms with Gasteiger partial charge in [-0.05, 0) is 6.42 Å². The molecule has 0 fully saturated rings. The number of carbonyl (C=O) groups excluding carboxylic acids is 2. The van der Waals surface area contributed by atoms with E-state index in [0.717, 1.165) is 13.0 Å². The first-order chi connectivity index (χ1) is 12.8. The zero-order valence-corrected chi connectivity index (χ0v) is 16.5. The maximum Gasteiger partial charge on any atom is 0.253 e. The van der Waals surface area contributed by atoms with Crippen molar-refractivity contribution in [1.82, 2.24) is 4.90 Å². The van der Waals surface area contributed by atoms with E-state index in [1.54, 1.807) is 0 Å². The van der Waals surface area contributed by atoms with E-state index in [1.807, 2.05) is 0 Å². The molecular formula is C21H37NO4. The summed E-state index contributed by atoms with van der Waals surface area (Å²) in [4.78, 5) is 23.8. The second kappa shape index (κ2) is 16.0. The highest BCUT2D eigenvalue weighted by Gasteiger charge is 2.22. The Morgan fingerprint density at radius 1 is 0.654 bits per heavy atom. The van der Waals surface area contributed by atoms with Crippen molar-refractivity contribution in [2.24, 2.45) is 0 Å². The molecule has 0 spiro atoms. The molecule has 0 aromatic rings. The summed E-state index contributed by atoms with van der Waals surface area (Å²) in [6.07, 6.45) is 17.3. The molecule has 0 bridgehead atoms. The fourth-order valence-electron chi connectivity index (χ4n) is 3.00. The molecular weight excluding hydrogens is 330 g/mol. The van der Waals surface area contributed by atoms with Gasteiger partial charge in [-0.3, -0.25) is 14.5 Å². The summed E-state index contributed by atoms with van der Waals surface area (Å²) in [5.74, 6) is -0.516. The number of unbranched alkanes of at least 4 members (excludes halogenated alkanes) is 10. The van der Waals surface area contributed by atoms with Gasteiger partial charge in [0.25, 0.3) is 11.8 Å². The lowest BCUT2D eigenvalue weighted by Gasteiger charge is -2.13. The van der Waals surface area contributed by atoms with E-state index in [1.165, 1.54) is 81.3 Å². The molecule has 0 unspecified atom stereocenters. The van der Waals surface area contributed by atoms with Crippen LogP contribution in [0.2, 0.25) is 0 Å². The fraction of sp³-hybridized carbons (Fsp3) is 0.810. The first kappa shape index (κ1) is 22.8. The van der Waals surface area contributed by atoms with Gasteiger partial charge in [0.05, 0.1) is 26.4 Å². The molecule has 0 saturated heterocycles. The fourth-order valence-corrected chi connectivity index (χ4v) is 3.00. The molecule has 0 radical (unpaired) electrons. The van der Waals surface area contributed by atoms with Gasteiger partial charge < -0.3 is 9.47 Å². The number of imide groups is 1. The van der Waals surface area contributed by atoms with Gasteiger partial charge in [0, 0.05) is 18.8 Å². The van der Waals surface area contributed by atoms with Crippen LogP contribution >= 0.6 is 0 Å². The van der Waals surface area contributed by atoms with Gasteiger partial charge >= 0.3 is 0 Å². The Hall–Kier alpha value is -1.20. The van der Waals surface area contributed by atoms with Crippen LogP contribution in [0.1, 0.15) is 77.6 Å². The minimum Gasteiger partial charge on any atom is -0.379 e. The van der Waals surface area contributed by atoms with Gasteiger partial charge in [-0.2, -0.15) is 0 Å². The SMILES string of the molecule is CCCCCCCCCCCCCOCCOCCN1C(=O)C=CC1=O. The third kappa shape index (κ3) is 11.4. The van der Waals surface area contributed by atoms with Crippen LogP contribution in [-0.2, 0) is 19.1 Å². The van der Waals surface area contributed by atoms with Gasteiger partial charge in [0.1, 0.15) is 0 Å². The van der Waals surface area contributed by atoms with E-state index in [9.17, 15) is 9.59 Å². The Bertz CT molecular complexity index is 391. The van der Waals surface area contributed by atoms with Gasteiger partial charge in [0.2, 0.25) is 0 Å². The Labute approximate surface area is 159 Å². The van der Waals surface area contributed by atoms with Crippen LogP contribution in [0.3, 0.4) is 0 Å². The van der Waals surface area contributed by atoms with Crippen LogP contribution in [0.15, 0.2) is 12.2 Å². The van der Waals surface area contributed by atoms with Crippen molar-refractivity contribution in [1.29, 1.82) is 0 Å². The van der Waals surface area contributed by atoms with Crippen LogP contribution in [0.25, 0.3) is 0 Å². The minimum atomic E-state index is -0.258. The summed E-state index contributed by atoms with van der Waals surface area (Å²) in [7, 11) is 0. The summed E-state index contributed by atoms with van der Waals surface area (Å²) in [5.41, 5.74) is 0. The molecule has 0 aromatic heterocycles. The van der Waals surface area contributed by atoms with Crippen molar-refractivity contribution in [3.63, 3.8) is 0 Å². The van der Waals surface area contributed by atoms with E-state index in [0.29, 0.717) is 26.4 Å². The molecule has 2 amide bonds. The van der Waals surface area contributed by atoms with E-state index >= 15 is 0 Å². The quantitative estimate of drug-likeness (QED) is 0.268. The first-order valence-corrected chi connectivity index (χ1v) is 10.4. The molecule has 150 valence electrons. The first-order valence-electron chi connectivity index (χ1n) is 10.4. The predicted octanol–water partition coefficient (Wildman–Crippen LogP) is 4.26. The van der Waals surface area contributed by atoms with Crippen molar-refractivity contribution >= 4 is 11.8 Å². The van der Waals surface area contributed by atoms with Gasteiger partial charge in [-0.15, -0.1) is 0 Å². The minimum absolute atomic E-state index is 0.258. The van der Waals surface area contributed by atoms with Crippen molar-refractivity contribution in [2.45, 2.75) is 77.6 Å². The molecule has 5 nitrogen and oxygen atoms in total. The average molecular weight is 368 g/mol. The summed E-state index contributed by atoms with van der Waals surface area (Å²) in [6, 6.07) is 0. The summed E-state index contributed by atoms with van der Waals surface area (Å²) < 4.78 is 10.9. The zero-order chi connectivity index (χ0) is 18.9. The molecule has 0 aromatic carbocycles. The topological polar surface area (TPSA) is 55.8 Å². The predicted molar refractivity (Wildman–Crippen MR) is 104 cm³/mol. The molecule has 26 heavy (non-hydrogen) atoms. The number of ether oxygens (including phenoxy) is 2. The maximum atomic E-state index is 11.3. The number of amides is 2. The molecule has 0 N–H and O–H groups in total. The van der Waals surface area contributed by atoms with E-state index in [-0.39, 0.29) is 11.8 Å². The molecule has 1 aliphatic rings. The highest BCUT2D eigenvalue weighted by Crippen LogP contribution is 2.11. The summed E-state index contributed by atoms with van der Waals surface area (Å²) in [6.45, 7) is 4.79. The maximum absolute atomic E-state index is 11.3. The standard InChI is InChI=1S/C21H37NO4/c1-2-3-4-5-6-7-8-9-10-11-12-16-25-18-19-26-17-15-22-20(23)13-14-21(22)24/h13-14H,2-12,15-19H2,1H3. The van der Waals surface area contributed by atoms with Crippen molar-refractivity contribution in [3.05, 3.63) is 12.2 Å². The zero-order valence-electron chi connectivity index (χ0n) is 16.5. The van der Waals surface area contributed by atoms with Gasteiger partial charge in [0.15, 0.2) is 0 Å². The number of hydrogen-bond acceptors (Lipinski definition) is 4. The Balaban J connectivity index is 1.72. The lowest BCUT2D eigenvalue weighted by molar-refractivity contribution is -0.137. The van der Waals surface area contributed by atoms with Crippen LogP contribution in [0.4, 0.5) is 0 Å². The molecule has 0 atom stereocenters. The van der Waals surface area contributed by atoms with Crippen LogP contribution in [0, 0.1) is 0 Å². The molecule has 5 heteroatoms. The Morgan fingerprint density at radius 3 is 1.65 bits per heavy atom. The number of nitrogens with zero attached hydrogens (tertiary/aromatic N) is 1. The number of hydrogen-bond donors (Lipinski definition) is 0. The molecule has 0 saturated carbocycles. The van der Waals surface area contributed by atoms with Crippen LogP contribution < -0.4 is 0 Å². The van der Waals surface area contributed by atoms with Gasteiger partial charge in [-0.25, -0.2) is 0 Å². The smallest absolute Gasteiger partial charge is 0.253 e. The van der Waals surface area contributed by atoms with E-state index < -0.39 is 0 Å². The molecule has 1 aliphatic heterocycles. The molecule has 0 aliphatic carbocycles. The second-order valence-electron chi connectivity index (χ2n) is 6.92. The summed E-state index contributed by atoms with van der Waals surface area (Å²) >= 11 is 0. The molecule has 1 rings (SSSR count). The Kier molecular flexibility index (Phi) is 14.1. The highest BCUT2D eigenvalue weighted by atomic mass is 16.5. The number of carbonyl (C=O) groups is 2. The van der Waals surface area contributed by atoms with Crippen molar-refractivity contribution < 1.29 is 19.1 Å². The van der Waals surface area contributed by atoms with Gasteiger partial charge in [-0.1, -0.05) is 71.1 Å². The number of rotatable bonds is 18. The van der Waals surface area contributed by atoms with Crippen molar-refractivity contribution in [3.8, 4) is 0 Å². The Morgan fingerprint density at radius 2 is 1.12 bits per heavy atom. The largest absolute Gasteiger partial charge is 0.379 e. The third-order valence-corrected chi connectivity index (χ3v) is 4.62. The van der Waals surface area contributed by atoms with Crippen molar-refractivity contribution in [2.75, 3.05) is 33.0 Å². The lowest BCUT2D eigenvalue weighted by Crippen LogP contribution is -2.33. The highest BCUT2D eigenvalue weighted by molar-refractivity contribution is 6.12. The normalized spacial score (nSPS) is 14.0. The third-order valence-electron chi connectivity index (χ3n) is 4.62. The van der Waals surface area contributed by atoms with E-state index in [4.69, 9.17) is 9.47 Å². The summed E-state index contributed by atoms with van der Waals surface area (Å²) in [5, 5.41) is 0.